The Labute approximate surface area is 123 Å². The summed E-state index contributed by atoms with van der Waals surface area (Å²) in [6, 6.07) is 0.632. The third kappa shape index (κ3) is 5.59. The normalized spacial score (nSPS) is 20.7. The van der Waals surface area contributed by atoms with Crippen molar-refractivity contribution < 1.29 is 10.2 Å². The van der Waals surface area contributed by atoms with Crippen LogP contribution in [0.2, 0.25) is 0 Å². The van der Waals surface area contributed by atoms with Gasteiger partial charge in [0.1, 0.15) is 0 Å². The number of hydrogen-bond acceptors (Lipinski definition) is 4. The molecule has 0 spiro atoms. The summed E-state index contributed by atoms with van der Waals surface area (Å²) >= 11 is 0. The number of nitrogens with zero attached hydrogens (tertiary/aromatic N) is 2. The second-order valence-electron chi connectivity index (χ2n) is 4.56. The van der Waals surface area contributed by atoms with Crippen LogP contribution < -0.4 is 0 Å². The minimum Gasteiger partial charge on any atom is -0.395 e. The first-order valence-electron chi connectivity index (χ1n) is 6.46. The van der Waals surface area contributed by atoms with E-state index in [9.17, 15) is 10.2 Å². The van der Waals surface area contributed by atoms with Crippen molar-refractivity contribution in [2.45, 2.75) is 38.8 Å². The molecule has 18 heavy (non-hydrogen) atoms. The lowest BCUT2D eigenvalue weighted by molar-refractivity contribution is 0.0298. The van der Waals surface area contributed by atoms with Gasteiger partial charge in [0.2, 0.25) is 0 Å². The molecule has 0 aromatic heterocycles. The molecular weight excluding hydrogens is 275 g/mol. The summed E-state index contributed by atoms with van der Waals surface area (Å²) in [6.45, 7) is 8.79. The third-order valence-electron chi connectivity index (χ3n) is 3.75. The van der Waals surface area contributed by atoms with Crippen molar-refractivity contribution in [3.63, 3.8) is 0 Å². The van der Waals surface area contributed by atoms with Crippen molar-refractivity contribution >= 4 is 24.8 Å². The van der Waals surface area contributed by atoms with Gasteiger partial charge in [-0.05, 0) is 12.8 Å². The number of hydrogen-bond donors (Lipinski definition) is 2. The third-order valence-corrected chi connectivity index (χ3v) is 3.75. The van der Waals surface area contributed by atoms with Crippen LogP contribution in [0.4, 0.5) is 0 Å². The lowest BCUT2D eigenvalue weighted by atomic mass is 10.1. The van der Waals surface area contributed by atoms with Crippen LogP contribution >= 0.6 is 24.8 Å². The Kier molecular flexibility index (Phi) is 13.0. The average Bonchev–Trinajstić information content (AvgIpc) is 2.34. The molecule has 0 aromatic rings. The second-order valence-corrected chi connectivity index (χ2v) is 4.56. The fourth-order valence-corrected chi connectivity index (χ4v) is 2.47. The van der Waals surface area contributed by atoms with E-state index < -0.39 is 0 Å². The largest absolute Gasteiger partial charge is 0.395 e. The maximum absolute atomic E-state index is 9.25. The van der Waals surface area contributed by atoms with E-state index in [1.165, 1.54) is 0 Å². The average molecular weight is 303 g/mol. The first-order valence-corrected chi connectivity index (χ1v) is 6.46. The maximum Gasteiger partial charge on any atom is 0.0586 e. The van der Waals surface area contributed by atoms with Crippen molar-refractivity contribution in [3.8, 4) is 0 Å². The molecule has 1 rings (SSSR count). The predicted octanol–water partition coefficient (Wildman–Crippen LogP) is 0.989. The van der Waals surface area contributed by atoms with E-state index in [2.05, 4.69) is 23.6 Å². The Morgan fingerprint density at radius 1 is 0.778 bits per heavy atom. The number of aliphatic hydroxyl groups is 2. The summed E-state index contributed by atoms with van der Waals surface area (Å²) in [7, 11) is 0. The minimum atomic E-state index is 0. The molecule has 4 nitrogen and oxygen atoms in total. The van der Waals surface area contributed by atoms with Crippen LogP contribution in [0.5, 0.6) is 0 Å². The van der Waals surface area contributed by atoms with Gasteiger partial charge in [-0.25, -0.2) is 0 Å². The first kappa shape index (κ1) is 20.7. The fraction of sp³-hybridized carbons (Fsp3) is 1.00. The van der Waals surface area contributed by atoms with Crippen molar-refractivity contribution in [2.24, 2.45) is 0 Å². The van der Waals surface area contributed by atoms with Crippen molar-refractivity contribution in [1.29, 1.82) is 0 Å². The van der Waals surface area contributed by atoms with E-state index in [4.69, 9.17) is 0 Å². The fourth-order valence-electron chi connectivity index (χ4n) is 2.47. The number of aliphatic hydroxyl groups excluding tert-OH is 2. The summed E-state index contributed by atoms with van der Waals surface area (Å²) in [5.41, 5.74) is 0. The van der Waals surface area contributed by atoms with Gasteiger partial charge in [-0.2, -0.15) is 0 Å². The number of rotatable bonds is 6. The Hall–Kier alpha value is 0.420. The van der Waals surface area contributed by atoms with Crippen LogP contribution in [0.1, 0.15) is 26.7 Å². The van der Waals surface area contributed by atoms with E-state index in [1.807, 2.05) is 0 Å². The summed E-state index contributed by atoms with van der Waals surface area (Å²) < 4.78 is 0. The molecule has 0 aromatic carbocycles. The van der Waals surface area contributed by atoms with Gasteiger partial charge >= 0.3 is 0 Å². The molecule has 6 heteroatoms. The van der Waals surface area contributed by atoms with E-state index in [0.29, 0.717) is 12.1 Å². The lowest BCUT2D eigenvalue weighted by Gasteiger charge is -2.41. The van der Waals surface area contributed by atoms with E-state index in [1.54, 1.807) is 0 Å². The van der Waals surface area contributed by atoms with E-state index in [-0.39, 0.29) is 38.0 Å². The first-order chi connectivity index (χ1) is 7.76. The highest BCUT2D eigenvalue weighted by Gasteiger charge is 2.25. The summed E-state index contributed by atoms with van der Waals surface area (Å²) in [4.78, 5) is 4.72. The van der Waals surface area contributed by atoms with Crippen LogP contribution in [0.25, 0.3) is 0 Å². The zero-order chi connectivity index (χ0) is 12.0. The molecule has 1 saturated heterocycles. The lowest BCUT2D eigenvalue weighted by Crippen LogP contribution is -2.54. The molecular formula is C12H28Cl2N2O2. The van der Waals surface area contributed by atoms with Crippen molar-refractivity contribution in [3.05, 3.63) is 0 Å². The second kappa shape index (κ2) is 11.3. The Morgan fingerprint density at radius 3 is 1.22 bits per heavy atom. The molecule has 0 radical (unpaired) electrons. The molecule has 2 N–H and O–H groups in total. The zero-order valence-electron chi connectivity index (χ0n) is 11.4. The summed E-state index contributed by atoms with van der Waals surface area (Å²) in [6.07, 6.45) is 2.02. The van der Waals surface area contributed by atoms with Crippen LogP contribution in [-0.2, 0) is 0 Å². The SMILES string of the molecule is CC[C@H](CO)N1CCN([C@H](CC)CO)CC1.Cl.Cl. The molecule has 112 valence electrons. The minimum absolute atomic E-state index is 0. The quantitative estimate of drug-likeness (QED) is 0.768. The van der Waals surface area contributed by atoms with E-state index in [0.717, 1.165) is 39.0 Å². The summed E-state index contributed by atoms with van der Waals surface area (Å²) in [5, 5.41) is 18.5. The van der Waals surface area contributed by atoms with Crippen LogP contribution in [0.15, 0.2) is 0 Å². The molecule has 1 aliphatic rings. The monoisotopic (exact) mass is 302 g/mol. The van der Waals surface area contributed by atoms with Gasteiger partial charge < -0.3 is 10.2 Å². The molecule has 0 bridgehead atoms. The molecule has 0 amide bonds. The van der Waals surface area contributed by atoms with Gasteiger partial charge in [0.05, 0.1) is 13.2 Å². The maximum atomic E-state index is 9.25. The molecule has 2 atom stereocenters. The van der Waals surface area contributed by atoms with Gasteiger partial charge in [0, 0.05) is 38.3 Å². The molecule has 1 fully saturated rings. The molecule has 0 saturated carbocycles. The summed E-state index contributed by atoms with van der Waals surface area (Å²) in [5.74, 6) is 0. The highest BCUT2D eigenvalue weighted by molar-refractivity contribution is 5.85. The highest BCUT2D eigenvalue weighted by atomic mass is 35.5. The standard InChI is InChI=1S/C12H26N2O2.2ClH/c1-3-11(9-15)13-5-7-14(8-6-13)12(4-2)10-16;;/h11-12,15-16H,3-10H2,1-2H3;2*1H/t11-,12-;;/m1../s1. The molecule has 1 heterocycles. The Balaban J connectivity index is 0. The van der Waals surface area contributed by atoms with E-state index >= 15 is 0 Å². The number of halogens is 2. The van der Waals surface area contributed by atoms with Gasteiger partial charge in [0.15, 0.2) is 0 Å². The molecule has 1 aliphatic heterocycles. The van der Waals surface area contributed by atoms with Gasteiger partial charge in [-0.15, -0.1) is 24.8 Å². The zero-order valence-corrected chi connectivity index (χ0v) is 13.0. The van der Waals surface area contributed by atoms with Crippen molar-refractivity contribution in [2.75, 3.05) is 39.4 Å². The van der Waals surface area contributed by atoms with Crippen LogP contribution in [0, 0.1) is 0 Å². The predicted molar refractivity (Wildman–Crippen MR) is 80.0 cm³/mol. The van der Waals surface area contributed by atoms with Crippen LogP contribution in [0.3, 0.4) is 0 Å². The highest BCUT2D eigenvalue weighted by Crippen LogP contribution is 2.12. The Morgan fingerprint density at radius 2 is 1.06 bits per heavy atom. The molecule has 0 aliphatic carbocycles. The number of piperazine rings is 1. The van der Waals surface area contributed by atoms with Gasteiger partial charge in [-0.3, -0.25) is 9.80 Å². The van der Waals surface area contributed by atoms with Gasteiger partial charge in [0.25, 0.3) is 0 Å². The van der Waals surface area contributed by atoms with Crippen LogP contribution in [-0.4, -0.2) is 71.5 Å². The topological polar surface area (TPSA) is 46.9 Å². The molecule has 0 unspecified atom stereocenters. The smallest absolute Gasteiger partial charge is 0.0586 e. The Bertz CT molecular complexity index is 163. The van der Waals surface area contributed by atoms with Crippen molar-refractivity contribution in [1.82, 2.24) is 9.80 Å². The van der Waals surface area contributed by atoms with Gasteiger partial charge in [-0.1, -0.05) is 13.8 Å².